The largest absolute Gasteiger partial charge is 0.458 e. The first-order chi connectivity index (χ1) is 12.3. The molecule has 1 N–H and O–H groups in total. The summed E-state index contributed by atoms with van der Waals surface area (Å²) in [6.45, 7) is 5.41. The standard InChI is InChI=1S/C19H27NO6/c1-19(2,3)26-17(22)13-24-16-9-15(11-21)20(10-16)18(23)25-12-14-7-5-4-6-8-14/h4-8,15-16,21H,9-13H2,1-3H3. The quantitative estimate of drug-likeness (QED) is 0.777. The zero-order chi connectivity index (χ0) is 19.2. The number of aliphatic hydroxyl groups excluding tert-OH is 1. The molecule has 2 unspecified atom stereocenters. The molecule has 26 heavy (non-hydrogen) atoms. The van der Waals surface area contributed by atoms with Crippen molar-refractivity contribution in [2.45, 2.75) is 51.5 Å². The lowest BCUT2D eigenvalue weighted by Crippen LogP contribution is -2.38. The Hall–Kier alpha value is -2.12. The molecule has 7 nitrogen and oxygen atoms in total. The third-order valence-electron chi connectivity index (χ3n) is 3.88. The molecule has 0 spiro atoms. The fourth-order valence-electron chi connectivity index (χ4n) is 2.75. The fraction of sp³-hybridized carbons (Fsp3) is 0.579. The molecule has 1 aliphatic heterocycles. The summed E-state index contributed by atoms with van der Waals surface area (Å²) in [6, 6.07) is 8.98. The topological polar surface area (TPSA) is 85.3 Å². The van der Waals surface area contributed by atoms with Gasteiger partial charge >= 0.3 is 12.1 Å². The van der Waals surface area contributed by atoms with E-state index in [0.29, 0.717) is 6.42 Å². The van der Waals surface area contributed by atoms with Crippen LogP contribution in [0.3, 0.4) is 0 Å². The minimum absolute atomic E-state index is 0.164. The predicted octanol–water partition coefficient (Wildman–Crippen LogP) is 2.12. The highest BCUT2D eigenvalue weighted by molar-refractivity contribution is 5.71. The van der Waals surface area contributed by atoms with Gasteiger partial charge in [-0.15, -0.1) is 0 Å². The molecule has 7 heteroatoms. The Labute approximate surface area is 153 Å². The average molecular weight is 365 g/mol. The number of carbonyl (C=O) groups excluding carboxylic acids is 2. The average Bonchev–Trinajstić information content (AvgIpc) is 3.01. The van der Waals surface area contributed by atoms with Gasteiger partial charge in [0.25, 0.3) is 0 Å². The molecule has 1 aliphatic rings. The van der Waals surface area contributed by atoms with Crippen LogP contribution in [0, 0.1) is 0 Å². The van der Waals surface area contributed by atoms with Crippen LogP contribution in [0.15, 0.2) is 30.3 Å². The van der Waals surface area contributed by atoms with E-state index in [9.17, 15) is 14.7 Å². The molecule has 0 radical (unpaired) electrons. The van der Waals surface area contributed by atoms with Crippen LogP contribution in [0.5, 0.6) is 0 Å². The number of esters is 1. The summed E-state index contributed by atoms with van der Waals surface area (Å²) in [5, 5.41) is 9.52. The number of rotatable bonds is 6. The van der Waals surface area contributed by atoms with Crippen LogP contribution in [0.2, 0.25) is 0 Å². The minimum Gasteiger partial charge on any atom is -0.458 e. The molecule has 1 aromatic rings. The summed E-state index contributed by atoms with van der Waals surface area (Å²) in [5.41, 5.74) is 0.315. The van der Waals surface area contributed by atoms with Crippen molar-refractivity contribution in [3.63, 3.8) is 0 Å². The molecule has 144 valence electrons. The number of ether oxygens (including phenoxy) is 3. The number of hydrogen-bond donors (Lipinski definition) is 1. The monoisotopic (exact) mass is 365 g/mol. The van der Waals surface area contributed by atoms with Crippen molar-refractivity contribution < 1.29 is 28.9 Å². The summed E-state index contributed by atoms with van der Waals surface area (Å²) in [7, 11) is 0. The van der Waals surface area contributed by atoms with Crippen molar-refractivity contribution in [1.29, 1.82) is 0 Å². The Morgan fingerprint density at radius 2 is 1.92 bits per heavy atom. The van der Waals surface area contributed by atoms with E-state index in [1.165, 1.54) is 4.90 Å². The van der Waals surface area contributed by atoms with Crippen LogP contribution < -0.4 is 0 Å². The Kier molecular flexibility index (Phi) is 6.99. The zero-order valence-corrected chi connectivity index (χ0v) is 15.5. The molecule has 1 heterocycles. The summed E-state index contributed by atoms with van der Waals surface area (Å²) in [6.07, 6.45) is -0.403. The van der Waals surface area contributed by atoms with Crippen LogP contribution >= 0.6 is 0 Å². The molecule has 2 rings (SSSR count). The number of benzene rings is 1. The fourth-order valence-corrected chi connectivity index (χ4v) is 2.75. The number of amides is 1. The van der Waals surface area contributed by atoms with Crippen LogP contribution in [-0.2, 0) is 25.6 Å². The van der Waals surface area contributed by atoms with Gasteiger partial charge in [-0.3, -0.25) is 0 Å². The van der Waals surface area contributed by atoms with Gasteiger partial charge in [0.1, 0.15) is 18.8 Å². The molecule has 0 saturated carbocycles. The van der Waals surface area contributed by atoms with E-state index in [4.69, 9.17) is 14.2 Å². The molecular formula is C19H27NO6. The number of likely N-dealkylation sites (tertiary alicyclic amines) is 1. The Morgan fingerprint density at radius 3 is 2.54 bits per heavy atom. The Balaban J connectivity index is 1.81. The van der Waals surface area contributed by atoms with Gasteiger partial charge in [-0.2, -0.15) is 0 Å². The second kappa shape index (κ2) is 9.00. The van der Waals surface area contributed by atoms with E-state index in [1.54, 1.807) is 20.8 Å². The van der Waals surface area contributed by atoms with Gasteiger partial charge in [-0.1, -0.05) is 30.3 Å². The molecule has 1 saturated heterocycles. The summed E-state index contributed by atoms with van der Waals surface area (Å²) < 4.78 is 16.1. The maximum Gasteiger partial charge on any atom is 0.410 e. The first-order valence-electron chi connectivity index (χ1n) is 8.70. The SMILES string of the molecule is CC(C)(C)OC(=O)COC1CC(CO)N(C(=O)OCc2ccccc2)C1. The number of hydrogen-bond acceptors (Lipinski definition) is 6. The van der Waals surface area contributed by atoms with Crippen LogP contribution in [0.4, 0.5) is 4.79 Å². The lowest BCUT2D eigenvalue weighted by atomic mass is 10.2. The van der Waals surface area contributed by atoms with E-state index in [1.807, 2.05) is 30.3 Å². The third kappa shape index (κ3) is 6.31. The number of aliphatic hydroxyl groups is 1. The zero-order valence-electron chi connectivity index (χ0n) is 15.5. The second-order valence-electron chi connectivity index (χ2n) is 7.28. The number of nitrogens with zero attached hydrogens (tertiary/aromatic N) is 1. The van der Waals surface area contributed by atoms with Gasteiger partial charge in [0, 0.05) is 0 Å². The molecule has 1 fully saturated rings. The normalized spacial score (nSPS) is 20.1. The van der Waals surface area contributed by atoms with Crippen molar-refractivity contribution in [3.05, 3.63) is 35.9 Å². The third-order valence-corrected chi connectivity index (χ3v) is 3.88. The van der Waals surface area contributed by atoms with Crippen molar-refractivity contribution in [3.8, 4) is 0 Å². The molecule has 2 atom stereocenters. The van der Waals surface area contributed by atoms with Gasteiger partial charge in [-0.05, 0) is 32.8 Å². The lowest BCUT2D eigenvalue weighted by Gasteiger charge is -2.22. The molecule has 1 aromatic carbocycles. The summed E-state index contributed by atoms with van der Waals surface area (Å²) >= 11 is 0. The van der Waals surface area contributed by atoms with Crippen molar-refractivity contribution in [2.24, 2.45) is 0 Å². The van der Waals surface area contributed by atoms with Gasteiger partial charge in [0.2, 0.25) is 0 Å². The Bertz CT molecular complexity index is 598. The first-order valence-corrected chi connectivity index (χ1v) is 8.70. The highest BCUT2D eigenvalue weighted by Gasteiger charge is 2.36. The molecule has 0 aliphatic carbocycles. The van der Waals surface area contributed by atoms with Gasteiger partial charge in [-0.25, -0.2) is 9.59 Å². The smallest absolute Gasteiger partial charge is 0.410 e. The Morgan fingerprint density at radius 1 is 1.23 bits per heavy atom. The van der Waals surface area contributed by atoms with E-state index < -0.39 is 17.7 Å². The van der Waals surface area contributed by atoms with E-state index in [2.05, 4.69) is 0 Å². The lowest BCUT2D eigenvalue weighted by molar-refractivity contribution is -0.162. The maximum atomic E-state index is 12.3. The maximum absolute atomic E-state index is 12.3. The first kappa shape index (κ1) is 20.2. The minimum atomic E-state index is -0.572. The van der Waals surface area contributed by atoms with Crippen molar-refractivity contribution in [1.82, 2.24) is 4.90 Å². The van der Waals surface area contributed by atoms with E-state index in [-0.39, 0.29) is 38.5 Å². The van der Waals surface area contributed by atoms with Crippen LogP contribution in [0.25, 0.3) is 0 Å². The van der Waals surface area contributed by atoms with Crippen LogP contribution in [-0.4, -0.2) is 59.6 Å². The second-order valence-corrected chi connectivity index (χ2v) is 7.28. The molecule has 0 aromatic heterocycles. The van der Waals surface area contributed by atoms with Gasteiger partial charge in [0.15, 0.2) is 0 Å². The van der Waals surface area contributed by atoms with E-state index in [0.717, 1.165) is 5.56 Å². The van der Waals surface area contributed by atoms with Crippen LogP contribution in [0.1, 0.15) is 32.8 Å². The number of carbonyl (C=O) groups is 2. The summed E-state index contributed by atoms with van der Waals surface area (Å²) in [4.78, 5) is 25.5. The summed E-state index contributed by atoms with van der Waals surface area (Å²) in [5.74, 6) is -0.455. The van der Waals surface area contributed by atoms with Crippen molar-refractivity contribution >= 4 is 12.1 Å². The highest BCUT2D eigenvalue weighted by atomic mass is 16.6. The van der Waals surface area contributed by atoms with Gasteiger partial charge < -0.3 is 24.2 Å². The highest BCUT2D eigenvalue weighted by Crippen LogP contribution is 2.22. The molecule has 0 bridgehead atoms. The molecular weight excluding hydrogens is 338 g/mol. The molecule has 1 amide bonds. The van der Waals surface area contributed by atoms with Crippen molar-refractivity contribution in [2.75, 3.05) is 19.8 Å². The van der Waals surface area contributed by atoms with Gasteiger partial charge in [0.05, 0.1) is 25.3 Å². The predicted molar refractivity (Wildman–Crippen MR) is 94.4 cm³/mol. The van der Waals surface area contributed by atoms with E-state index >= 15 is 0 Å².